The average molecular weight is 174 g/mol. The Labute approximate surface area is 67.2 Å². The van der Waals surface area contributed by atoms with Gasteiger partial charge in [0.15, 0.2) is 5.92 Å². The summed E-state index contributed by atoms with van der Waals surface area (Å²) in [6, 6.07) is 0. The van der Waals surface area contributed by atoms with Crippen LogP contribution in [-0.2, 0) is 9.59 Å². The zero-order valence-electron chi connectivity index (χ0n) is 5.32. The zero-order valence-corrected chi connectivity index (χ0v) is 6.08. The van der Waals surface area contributed by atoms with Crippen LogP contribution < -0.4 is 0 Å². The SMILES string of the molecule is O=C(O)C1C=CC(Cl)=NC1=O. The van der Waals surface area contributed by atoms with Gasteiger partial charge in [-0.1, -0.05) is 17.7 Å². The van der Waals surface area contributed by atoms with E-state index in [2.05, 4.69) is 4.99 Å². The number of carboxylic acid groups (broad SMARTS) is 1. The third-order valence-electron chi connectivity index (χ3n) is 1.18. The maximum absolute atomic E-state index is 10.7. The number of rotatable bonds is 1. The molecule has 1 N–H and O–H groups in total. The van der Waals surface area contributed by atoms with Gasteiger partial charge in [0, 0.05) is 0 Å². The van der Waals surface area contributed by atoms with Gasteiger partial charge in [-0.25, -0.2) is 4.99 Å². The van der Waals surface area contributed by atoms with Gasteiger partial charge in [0.2, 0.25) is 0 Å². The van der Waals surface area contributed by atoms with E-state index in [0.717, 1.165) is 0 Å². The Balaban J connectivity index is 2.86. The Bertz CT molecular complexity index is 269. The number of carboxylic acids is 1. The number of dihydropyridines is 1. The van der Waals surface area contributed by atoms with E-state index >= 15 is 0 Å². The summed E-state index contributed by atoms with van der Waals surface area (Å²) in [4.78, 5) is 24.3. The first kappa shape index (κ1) is 7.94. The van der Waals surface area contributed by atoms with Crippen molar-refractivity contribution in [3.8, 4) is 0 Å². The van der Waals surface area contributed by atoms with Crippen LogP contribution in [0.1, 0.15) is 0 Å². The fourth-order valence-corrected chi connectivity index (χ4v) is 0.814. The first-order valence-corrected chi connectivity index (χ1v) is 3.18. The number of allylic oxidation sites excluding steroid dienone is 1. The number of nitrogens with zero attached hydrogens (tertiary/aromatic N) is 1. The van der Waals surface area contributed by atoms with Crippen molar-refractivity contribution in [1.29, 1.82) is 0 Å². The quantitative estimate of drug-likeness (QED) is 0.585. The van der Waals surface area contributed by atoms with E-state index in [-0.39, 0.29) is 5.17 Å². The molecule has 0 aliphatic carbocycles. The van der Waals surface area contributed by atoms with Gasteiger partial charge in [0.05, 0.1) is 0 Å². The van der Waals surface area contributed by atoms with Crippen LogP contribution in [0.15, 0.2) is 17.1 Å². The maximum atomic E-state index is 10.7. The second kappa shape index (κ2) is 2.84. The Hall–Kier alpha value is -1.16. The molecule has 58 valence electrons. The van der Waals surface area contributed by atoms with E-state index in [0.29, 0.717) is 0 Å². The lowest BCUT2D eigenvalue weighted by atomic mass is 10.1. The fourth-order valence-electron chi connectivity index (χ4n) is 0.658. The van der Waals surface area contributed by atoms with Crippen molar-refractivity contribution in [3.05, 3.63) is 12.2 Å². The molecule has 11 heavy (non-hydrogen) atoms. The van der Waals surface area contributed by atoms with Crippen molar-refractivity contribution in [2.45, 2.75) is 0 Å². The van der Waals surface area contributed by atoms with Gasteiger partial charge >= 0.3 is 5.97 Å². The highest BCUT2D eigenvalue weighted by molar-refractivity contribution is 6.69. The monoisotopic (exact) mass is 173 g/mol. The molecule has 0 bridgehead atoms. The minimum Gasteiger partial charge on any atom is -0.480 e. The highest BCUT2D eigenvalue weighted by atomic mass is 35.5. The van der Waals surface area contributed by atoms with Crippen molar-refractivity contribution in [2.75, 3.05) is 0 Å². The van der Waals surface area contributed by atoms with E-state index in [1.54, 1.807) is 0 Å². The summed E-state index contributed by atoms with van der Waals surface area (Å²) in [6.45, 7) is 0. The highest BCUT2D eigenvalue weighted by Gasteiger charge is 2.25. The fraction of sp³-hybridized carbons (Fsp3) is 0.167. The summed E-state index contributed by atoms with van der Waals surface area (Å²) in [5.41, 5.74) is 0. The van der Waals surface area contributed by atoms with E-state index in [1.807, 2.05) is 0 Å². The molecule has 0 spiro atoms. The molecule has 1 amide bonds. The molecule has 0 aromatic heterocycles. The lowest BCUT2D eigenvalue weighted by molar-refractivity contribution is -0.143. The summed E-state index contributed by atoms with van der Waals surface area (Å²) >= 11 is 5.33. The molecule has 5 heteroatoms. The van der Waals surface area contributed by atoms with Crippen molar-refractivity contribution in [3.63, 3.8) is 0 Å². The summed E-state index contributed by atoms with van der Waals surface area (Å²) in [6.07, 6.45) is 2.50. The molecule has 1 atom stereocenters. The minimum absolute atomic E-state index is 0.0208. The molecule has 1 unspecified atom stereocenters. The van der Waals surface area contributed by atoms with Crippen molar-refractivity contribution < 1.29 is 14.7 Å². The molecule has 0 radical (unpaired) electrons. The maximum Gasteiger partial charge on any atom is 0.320 e. The van der Waals surface area contributed by atoms with Crippen molar-refractivity contribution in [2.24, 2.45) is 10.9 Å². The van der Waals surface area contributed by atoms with Gasteiger partial charge in [-0.2, -0.15) is 0 Å². The number of aliphatic carboxylic acids is 1. The first-order chi connectivity index (χ1) is 5.11. The molecule has 0 aromatic rings. The first-order valence-electron chi connectivity index (χ1n) is 2.80. The van der Waals surface area contributed by atoms with E-state index in [9.17, 15) is 9.59 Å². The smallest absolute Gasteiger partial charge is 0.320 e. The molecule has 1 aliphatic heterocycles. The average Bonchev–Trinajstić information content (AvgIpc) is 1.85. The molecule has 4 nitrogen and oxygen atoms in total. The lowest BCUT2D eigenvalue weighted by Gasteiger charge is -2.05. The Kier molecular flexibility index (Phi) is 2.05. The normalized spacial score (nSPS) is 23.2. The van der Waals surface area contributed by atoms with E-state index in [1.165, 1.54) is 12.2 Å². The number of hydrogen-bond acceptors (Lipinski definition) is 2. The zero-order chi connectivity index (χ0) is 8.43. The van der Waals surface area contributed by atoms with Gasteiger partial charge < -0.3 is 5.11 Å². The predicted molar refractivity (Wildman–Crippen MR) is 38.6 cm³/mol. The van der Waals surface area contributed by atoms with Crippen LogP contribution in [0.2, 0.25) is 0 Å². The van der Waals surface area contributed by atoms with Crippen LogP contribution in [0.25, 0.3) is 0 Å². The molecular weight excluding hydrogens is 170 g/mol. The van der Waals surface area contributed by atoms with Crippen molar-refractivity contribution in [1.82, 2.24) is 0 Å². The lowest BCUT2D eigenvalue weighted by Crippen LogP contribution is -2.23. The Morgan fingerprint density at radius 3 is 2.82 bits per heavy atom. The third kappa shape index (κ3) is 1.65. The molecule has 1 rings (SSSR count). The third-order valence-corrected chi connectivity index (χ3v) is 1.39. The van der Waals surface area contributed by atoms with Crippen LogP contribution in [0.4, 0.5) is 0 Å². The predicted octanol–water partition coefficient (Wildman–Crippen LogP) is 0.421. The summed E-state index contributed by atoms with van der Waals surface area (Å²) < 4.78 is 0. The van der Waals surface area contributed by atoms with Crippen LogP contribution in [0.5, 0.6) is 0 Å². The summed E-state index contributed by atoms with van der Waals surface area (Å²) in [5, 5.41) is 8.43. The molecule has 0 aromatic carbocycles. The number of aliphatic imine (C=N–C) groups is 1. The van der Waals surface area contributed by atoms with E-state index in [4.69, 9.17) is 16.7 Å². The topological polar surface area (TPSA) is 66.7 Å². The van der Waals surface area contributed by atoms with Gasteiger partial charge in [-0.3, -0.25) is 9.59 Å². The van der Waals surface area contributed by atoms with Crippen LogP contribution in [0.3, 0.4) is 0 Å². The number of hydrogen-bond donors (Lipinski definition) is 1. The van der Waals surface area contributed by atoms with Gasteiger partial charge in [-0.15, -0.1) is 0 Å². The second-order valence-electron chi connectivity index (χ2n) is 1.95. The number of carbonyl (C=O) groups is 2. The van der Waals surface area contributed by atoms with Gasteiger partial charge in [0.1, 0.15) is 5.17 Å². The molecule has 1 aliphatic rings. The van der Waals surface area contributed by atoms with Gasteiger partial charge in [-0.05, 0) is 6.08 Å². The Morgan fingerprint density at radius 1 is 1.73 bits per heavy atom. The Morgan fingerprint density at radius 2 is 2.36 bits per heavy atom. The highest BCUT2D eigenvalue weighted by Crippen LogP contribution is 2.09. The number of halogens is 1. The molecule has 0 saturated carbocycles. The number of carbonyl (C=O) groups excluding carboxylic acids is 1. The minimum atomic E-state index is -1.21. The van der Waals surface area contributed by atoms with Crippen molar-refractivity contribution >= 4 is 28.6 Å². The largest absolute Gasteiger partial charge is 0.480 e. The molecule has 1 heterocycles. The van der Waals surface area contributed by atoms with Crippen LogP contribution >= 0.6 is 11.6 Å². The summed E-state index contributed by atoms with van der Waals surface area (Å²) in [5.74, 6) is -3.11. The van der Waals surface area contributed by atoms with Crippen LogP contribution in [0, 0.1) is 5.92 Å². The number of amides is 1. The second-order valence-corrected chi connectivity index (χ2v) is 2.34. The van der Waals surface area contributed by atoms with Crippen LogP contribution in [-0.4, -0.2) is 22.2 Å². The molecule has 0 fully saturated rings. The van der Waals surface area contributed by atoms with Gasteiger partial charge in [0.25, 0.3) is 5.91 Å². The molecule has 0 saturated heterocycles. The molecular formula is C6H4ClNO3. The standard InChI is InChI=1S/C6H4ClNO3/c7-4-2-1-3(6(10)11)5(9)8-4/h1-3H,(H,10,11). The van der Waals surface area contributed by atoms with E-state index < -0.39 is 17.8 Å². The summed E-state index contributed by atoms with van der Waals surface area (Å²) in [7, 11) is 0.